The maximum atomic E-state index is 6.06. The van der Waals surface area contributed by atoms with Gasteiger partial charge in [-0.1, -0.05) is 0 Å². The van der Waals surface area contributed by atoms with Crippen molar-refractivity contribution in [3.63, 3.8) is 0 Å². The number of aromatic nitrogens is 1. The van der Waals surface area contributed by atoms with Gasteiger partial charge >= 0.3 is 0 Å². The van der Waals surface area contributed by atoms with Crippen molar-refractivity contribution in [2.45, 2.75) is 45.9 Å². The quantitative estimate of drug-likeness (QED) is 0.889. The number of anilines is 1. The highest BCUT2D eigenvalue weighted by molar-refractivity contribution is 5.53. The zero-order valence-electron chi connectivity index (χ0n) is 11.7. The summed E-state index contributed by atoms with van der Waals surface area (Å²) in [5, 5.41) is 0. The van der Waals surface area contributed by atoms with Crippen molar-refractivity contribution in [1.82, 2.24) is 9.88 Å². The average molecular weight is 249 g/mol. The van der Waals surface area contributed by atoms with Gasteiger partial charge in [0.1, 0.15) is 0 Å². The van der Waals surface area contributed by atoms with Gasteiger partial charge in [0.2, 0.25) is 0 Å². The first-order chi connectivity index (χ1) is 8.50. The number of hydrogen-bond acceptors (Lipinski definition) is 4. The summed E-state index contributed by atoms with van der Waals surface area (Å²) in [5.41, 5.74) is 10.1. The second kappa shape index (κ2) is 5.24. The average Bonchev–Trinajstić information content (AvgIpc) is 2.76. The topological polar surface area (TPSA) is 51.4 Å². The third kappa shape index (κ3) is 2.49. The van der Waals surface area contributed by atoms with E-state index in [1.54, 1.807) is 0 Å². The second-order valence-corrected chi connectivity index (χ2v) is 5.27. The molecule has 2 unspecified atom stereocenters. The Hall–Kier alpha value is -1.13. The Morgan fingerprint density at radius 1 is 1.50 bits per heavy atom. The summed E-state index contributed by atoms with van der Waals surface area (Å²) < 4.78 is 5.61. The minimum Gasteiger partial charge on any atom is -0.398 e. The Labute approximate surface area is 109 Å². The molecule has 1 aromatic heterocycles. The van der Waals surface area contributed by atoms with E-state index in [1.165, 1.54) is 0 Å². The molecule has 18 heavy (non-hydrogen) atoms. The fourth-order valence-electron chi connectivity index (χ4n) is 2.60. The number of nitrogens with zero attached hydrogens (tertiary/aromatic N) is 2. The molecule has 0 aromatic carbocycles. The van der Waals surface area contributed by atoms with Gasteiger partial charge in [-0.3, -0.25) is 9.88 Å². The molecule has 0 bridgehead atoms. The number of nitrogens with two attached hydrogens (primary N) is 1. The molecule has 1 fully saturated rings. The molecule has 2 atom stereocenters. The third-order valence-corrected chi connectivity index (χ3v) is 3.98. The Bertz CT molecular complexity index is 433. The van der Waals surface area contributed by atoms with Crippen LogP contribution in [0.15, 0.2) is 6.20 Å². The van der Waals surface area contributed by atoms with Crippen molar-refractivity contribution in [2.24, 2.45) is 0 Å². The number of aryl methyl sites for hydroxylation is 1. The van der Waals surface area contributed by atoms with E-state index in [0.29, 0.717) is 12.1 Å². The highest BCUT2D eigenvalue weighted by Crippen LogP contribution is 2.23. The molecule has 0 amide bonds. The number of nitrogen functional groups attached to an aromatic ring is 1. The molecule has 0 spiro atoms. The fourth-order valence-corrected chi connectivity index (χ4v) is 2.60. The van der Waals surface area contributed by atoms with E-state index in [9.17, 15) is 0 Å². The van der Waals surface area contributed by atoms with E-state index < -0.39 is 0 Å². The van der Waals surface area contributed by atoms with Crippen LogP contribution in [0.1, 0.15) is 30.2 Å². The lowest BCUT2D eigenvalue weighted by Gasteiger charge is -2.27. The normalized spacial score (nSPS) is 23.8. The van der Waals surface area contributed by atoms with E-state index in [-0.39, 0.29) is 0 Å². The van der Waals surface area contributed by atoms with Crippen molar-refractivity contribution >= 4 is 5.69 Å². The minimum atomic E-state index is 0.304. The van der Waals surface area contributed by atoms with Gasteiger partial charge in [-0.15, -0.1) is 0 Å². The summed E-state index contributed by atoms with van der Waals surface area (Å²) in [6.07, 6.45) is 3.26. The van der Waals surface area contributed by atoms with Gasteiger partial charge in [0.15, 0.2) is 0 Å². The van der Waals surface area contributed by atoms with E-state index in [0.717, 1.165) is 42.1 Å². The Balaban J connectivity index is 2.12. The van der Waals surface area contributed by atoms with Gasteiger partial charge in [0.25, 0.3) is 0 Å². The molecule has 1 aliphatic rings. The maximum Gasteiger partial charge on any atom is 0.0703 e. The van der Waals surface area contributed by atoms with Gasteiger partial charge in [-0.25, -0.2) is 0 Å². The van der Waals surface area contributed by atoms with Crippen LogP contribution in [0.5, 0.6) is 0 Å². The smallest absolute Gasteiger partial charge is 0.0703 e. The van der Waals surface area contributed by atoms with Crippen LogP contribution in [-0.4, -0.2) is 35.7 Å². The third-order valence-electron chi connectivity index (χ3n) is 3.98. The van der Waals surface area contributed by atoms with Crippen molar-refractivity contribution in [2.75, 3.05) is 19.4 Å². The zero-order valence-corrected chi connectivity index (χ0v) is 11.7. The maximum absolute atomic E-state index is 6.06. The Morgan fingerprint density at radius 3 is 2.83 bits per heavy atom. The Morgan fingerprint density at radius 2 is 2.22 bits per heavy atom. The first kappa shape index (κ1) is 13.3. The van der Waals surface area contributed by atoms with Crippen molar-refractivity contribution < 1.29 is 4.74 Å². The fraction of sp³-hybridized carbons (Fsp3) is 0.643. The van der Waals surface area contributed by atoms with Crippen LogP contribution in [0.4, 0.5) is 5.69 Å². The first-order valence-electron chi connectivity index (χ1n) is 6.53. The molecular weight excluding hydrogens is 226 g/mol. The Kier molecular flexibility index (Phi) is 3.88. The summed E-state index contributed by atoms with van der Waals surface area (Å²) in [5.74, 6) is 0. The lowest BCUT2D eigenvalue weighted by Crippen LogP contribution is -2.36. The predicted molar refractivity (Wildman–Crippen MR) is 73.4 cm³/mol. The highest BCUT2D eigenvalue weighted by atomic mass is 16.5. The summed E-state index contributed by atoms with van der Waals surface area (Å²) in [6.45, 7) is 7.87. The van der Waals surface area contributed by atoms with Crippen LogP contribution >= 0.6 is 0 Å². The lowest BCUT2D eigenvalue weighted by atomic mass is 10.1. The molecule has 2 N–H and O–H groups in total. The van der Waals surface area contributed by atoms with Crippen LogP contribution in [0.3, 0.4) is 0 Å². The van der Waals surface area contributed by atoms with Crippen LogP contribution in [0.2, 0.25) is 0 Å². The summed E-state index contributed by atoms with van der Waals surface area (Å²) >= 11 is 0. The van der Waals surface area contributed by atoms with Crippen LogP contribution in [-0.2, 0) is 11.3 Å². The molecule has 4 heteroatoms. The molecule has 0 aliphatic carbocycles. The molecule has 100 valence electrons. The van der Waals surface area contributed by atoms with Gasteiger partial charge in [0, 0.05) is 31.1 Å². The number of likely N-dealkylation sites (N-methyl/N-ethyl adjacent to an activating group) is 1. The molecule has 0 radical (unpaired) electrons. The van der Waals surface area contributed by atoms with Gasteiger partial charge in [0.05, 0.1) is 11.8 Å². The molecule has 4 nitrogen and oxygen atoms in total. The summed E-state index contributed by atoms with van der Waals surface area (Å²) in [7, 11) is 2.13. The monoisotopic (exact) mass is 249 g/mol. The molecular formula is C14H23N3O. The van der Waals surface area contributed by atoms with Gasteiger partial charge in [-0.2, -0.15) is 0 Å². The van der Waals surface area contributed by atoms with E-state index in [2.05, 4.69) is 23.9 Å². The highest BCUT2D eigenvalue weighted by Gasteiger charge is 2.28. The van der Waals surface area contributed by atoms with Crippen molar-refractivity contribution in [3.05, 3.63) is 23.0 Å². The molecule has 2 rings (SSSR count). The van der Waals surface area contributed by atoms with Crippen LogP contribution in [0.25, 0.3) is 0 Å². The first-order valence-corrected chi connectivity index (χ1v) is 6.53. The number of rotatable bonds is 3. The largest absolute Gasteiger partial charge is 0.398 e. The van der Waals surface area contributed by atoms with E-state index in [1.807, 2.05) is 20.0 Å². The van der Waals surface area contributed by atoms with Gasteiger partial charge in [-0.05, 0) is 45.4 Å². The molecule has 0 saturated carbocycles. The lowest BCUT2D eigenvalue weighted by molar-refractivity contribution is 0.0810. The van der Waals surface area contributed by atoms with Crippen molar-refractivity contribution in [1.29, 1.82) is 0 Å². The summed E-state index contributed by atoms with van der Waals surface area (Å²) in [6, 6.07) is 0.480. The van der Waals surface area contributed by atoms with Gasteiger partial charge < -0.3 is 10.5 Å². The SMILES string of the molecule is Cc1cnc(CN(C)C2CCOC2C)c(C)c1N. The molecule has 1 aromatic rings. The number of hydrogen-bond donors (Lipinski definition) is 1. The summed E-state index contributed by atoms with van der Waals surface area (Å²) in [4.78, 5) is 6.83. The molecule has 1 aliphatic heterocycles. The number of pyridine rings is 1. The predicted octanol–water partition coefficient (Wildman–Crippen LogP) is 1.89. The number of ether oxygens (including phenoxy) is 1. The second-order valence-electron chi connectivity index (χ2n) is 5.27. The van der Waals surface area contributed by atoms with E-state index >= 15 is 0 Å². The molecule has 1 saturated heterocycles. The zero-order chi connectivity index (χ0) is 13.3. The standard InChI is InChI=1S/C14H23N3O/c1-9-7-16-12(10(2)14(9)15)8-17(4)13-5-6-18-11(13)3/h7,11,13H,5-6,8H2,1-4H3,(H2,15,16). The van der Waals surface area contributed by atoms with Crippen LogP contribution in [0, 0.1) is 13.8 Å². The molecule has 2 heterocycles. The van der Waals surface area contributed by atoms with Crippen molar-refractivity contribution in [3.8, 4) is 0 Å². The van der Waals surface area contributed by atoms with E-state index in [4.69, 9.17) is 10.5 Å². The minimum absolute atomic E-state index is 0.304. The van der Waals surface area contributed by atoms with Crippen LogP contribution < -0.4 is 5.73 Å².